The fourth-order valence-corrected chi connectivity index (χ4v) is 5.11. The molecule has 2 N–H and O–H groups in total. The Kier molecular flexibility index (Phi) is 6.65. The maximum atomic E-state index is 13.0. The molecule has 1 atom stereocenters. The third kappa shape index (κ3) is 5.51. The zero-order valence-corrected chi connectivity index (χ0v) is 19.0. The van der Waals surface area contributed by atoms with Crippen LogP contribution in [-0.2, 0) is 21.2 Å². The number of ether oxygens (including phenoxy) is 1. The molecule has 1 unspecified atom stereocenters. The van der Waals surface area contributed by atoms with E-state index in [1.807, 2.05) is 18.2 Å². The van der Waals surface area contributed by atoms with Crippen molar-refractivity contribution < 1.29 is 22.3 Å². The summed E-state index contributed by atoms with van der Waals surface area (Å²) in [5.74, 6) is -0.257. The van der Waals surface area contributed by atoms with Crippen molar-refractivity contribution in [2.75, 3.05) is 11.3 Å². The van der Waals surface area contributed by atoms with Crippen LogP contribution in [0.4, 0.5) is 10.1 Å². The number of anilines is 1. The smallest absolute Gasteiger partial charge is 0.261 e. The van der Waals surface area contributed by atoms with E-state index in [9.17, 15) is 17.6 Å². The Bertz CT molecular complexity index is 1260. The molecule has 0 saturated carbocycles. The molecule has 33 heavy (non-hydrogen) atoms. The Hall–Kier alpha value is -3.39. The summed E-state index contributed by atoms with van der Waals surface area (Å²) in [5, 5.41) is 3.04. The van der Waals surface area contributed by atoms with E-state index in [1.54, 1.807) is 6.92 Å². The number of fused-ring (bicyclic) bond motifs is 1. The summed E-state index contributed by atoms with van der Waals surface area (Å²) in [6.45, 7) is 1.54. The first-order valence-electron chi connectivity index (χ1n) is 10.7. The van der Waals surface area contributed by atoms with Gasteiger partial charge in [-0.3, -0.25) is 9.52 Å². The van der Waals surface area contributed by atoms with Crippen LogP contribution in [0.3, 0.4) is 0 Å². The first-order chi connectivity index (χ1) is 15.8. The molecule has 172 valence electrons. The summed E-state index contributed by atoms with van der Waals surface area (Å²) in [6.07, 6.45) is 2.92. The van der Waals surface area contributed by atoms with Crippen LogP contribution in [0, 0.1) is 12.7 Å². The highest BCUT2D eigenvalue weighted by molar-refractivity contribution is 7.92. The van der Waals surface area contributed by atoms with Gasteiger partial charge in [0.1, 0.15) is 11.6 Å². The minimum Gasteiger partial charge on any atom is -0.484 e. The van der Waals surface area contributed by atoms with Gasteiger partial charge in [-0.25, -0.2) is 12.8 Å². The zero-order valence-electron chi connectivity index (χ0n) is 18.2. The molecule has 6 nitrogen and oxygen atoms in total. The van der Waals surface area contributed by atoms with E-state index in [-0.39, 0.29) is 29.1 Å². The Morgan fingerprint density at radius 3 is 2.61 bits per heavy atom. The number of nitrogens with one attached hydrogen (secondary N) is 2. The Balaban J connectivity index is 1.37. The summed E-state index contributed by atoms with van der Waals surface area (Å²) in [5.41, 5.74) is 3.25. The maximum Gasteiger partial charge on any atom is 0.261 e. The van der Waals surface area contributed by atoms with Gasteiger partial charge in [0.05, 0.1) is 10.9 Å². The van der Waals surface area contributed by atoms with Gasteiger partial charge in [-0.2, -0.15) is 0 Å². The van der Waals surface area contributed by atoms with E-state index >= 15 is 0 Å². The minimum atomic E-state index is -3.85. The second-order valence-corrected chi connectivity index (χ2v) is 9.72. The van der Waals surface area contributed by atoms with Gasteiger partial charge in [0.25, 0.3) is 15.9 Å². The lowest BCUT2D eigenvalue weighted by molar-refractivity contribution is -0.124. The average molecular weight is 469 g/mol. The summed E-state index contributed by atoms with van der Waals surface area (Å²) in [7, 11) is -3.85. The van der Waals surface area contributed by atoms with Gasteiger partial charge in [-0.15, -0.1) is 0 Å². The minimum absolute atomic E-state index is 0.0304. The molecule has 0 aliphatic heterocycles. The first kappa shape index (κ1) is 22.8. The normalized spacial score (nSPS) is 15.4. The van der Waals surface area contributed by atoms with E-state index in [4.69, 9.17) is 4.74 Å². The molecule has 1 aliphatic rings. The molecule has 0 radical (unpaired) electrons. The van der Waals surface area contributed by atoms with Gasteiger partial charge in [0, 0.05) is 5.69 Å². The van der Waals surface area contributed by atoms with Gasteiger partial charge in [0.15, 0.2) is 6.61 Å². The molecule has 8 heteroatoms. The zero-order chi connectivity index (χ0) is 23.4. The highest BCUT2D eigenvalue weighted by Crippen LogP contribution is 2.29. The number of sulfonamides is 1. The average Bonchev–Trinajstić information content (AvgIpc) is 2.80. The number of amides is 1. The van der Waals surface area contributed by atoms with Crippen LogP contribution in [0.2, 0.25) is 0 Å². The van der Waals surface area contributed by atoms with Gasteiger partial charge >= 0.3 is 0 Å². The van der Waals surface area contributed by atoms with E-state index in [2.05, 4.69) is 16.1 Å². The number of hydrogen-bond acceptors (Lipinski definition) is 4. The molecule has 0 spiro atoms. The number of rotatable bonds is 7. The monoisotopic (exact) mass is 468 g/mol. The van der Waals surface area contributed by atoms with Crippen molar-refractivity contribution in [3.8, 4) is 5.75 Å². The third-order valence-electron chi connectivity index (χ3n) is 5.62. The third-order valence-corrected chi connectivity index (χ3v) is 7.00. The molecule has 4 rings (SSSR count). The van der Waals surface area contributed by atoms with E-state index in [0.29, 0.717) is 11.3 Å². The van der Waals surface area contributed by atoms with Crippen LogP contribution in [0.5, 0.6) is 5.75 Å². The van der Waals surface area contributed by atoms with Crippen molar-refractivity contribution in [2.45, 2.75) is 37.1 Å². The molecule has 0 bridgehead atoms. The number of halogens is 1. The molecule has 3 aromatic carbocycles. The highest BCUT2D eigenvalue weighted by atomic mass is 32.2. The number of carbonyl (C=O) groups excluding carboxylic acids is 1. The number of benzene rings is 3. The van der Waals surface area contributed by atoms with Crippen LogP contribution >= 0.6 is 0 Å². The predicted molar refractivity (Wildman–Crippen MR) is 124 cm³/mol. The Morgan fingerprint density at radius 1 is 1.09 bits per heavy atom. The number of carbonyl (C=O) groups is 1. The fraction of sp³-hybridized carbons (Fsp3) is 0.240. The summed E-state index contributed by atoms with van der Waals surface area (Å²) in [4.78, 5) is 12.5. The molecular weight excluding hydrogens is 443 g/mol. The molecule has 1 aliphatic carbocycles. The summed E-state index contributed by atoms with van der Waals surface area (Å²) >= 11 is 0. The van der Waals surface area contributed by atoms with Crippen molar-refractivity contribution in [3.63, 3.8) is 0 Å². The second kappa shape index (κ2) is 9.62. The SMILES string of the molecule is Cc1cc(S(=O)(=O)Nc2ccc(F)cc2)ccc1OCC(=O)NC1CCCc2ccccc21. The number of aryl methyl sites for hydroxylation is 2. The van der Waals surface area contributed by atoms with Gasteiger partial charge in [-0.1, -0.05) is 24.3 Å². The predicted octanol–water partition coefficient (Wildman–Crippen LogP) is 4.51. The first-order valence-corrected chi connectivity index (χ1v) is 12.2. The molecular formula is C25H25FN2O4S. The molecule has 0 saturated heterocycles. The maximum absolute atomic E-state index is 13.0. The summed E-state index contributed by atoms with van der Waals surface area (Å²) in [6, 6.07) is 17.5. The fourth-order valence-electron chi connectivity index (χ4n) is 3.97. The molecule has 3 aromatic rings. The largest absolute Gasteiger partial charge is 0.484 e. The van der Waals surface area contributed by atoms with Gasteiger partial charge in [-0.05, 0) is 85.3 Å². The second-order valence-electron chi connectivity index (χ2n) is 8.04. The van der Waals surface area contributed by atoms with Crippen LogP contribution in [0.25, 0.3) is 0 Å². The molecule has 0 heterocycles. The molecule has 0 aromatic heterocycles. The van der Waals surface area contributed by atoms with E-state index < -0.39 is 15.8 Å². The quantitative estimate of drug-likeness (QED) is 0.535. The van der Waals surface area contributed by atoms with Crippen molar-refractivity contribution in [3.05, 3.63) is 89.2 Å². The Labute approximate surface area is 192 Å². The van der Waals surface area contributed by atoms with Crippen LogP contribution in [-0.4, -0.2) is 20.9 Å². The topological polar surface area (TPSA) is 84.5 Å². The highest BCUT2D eigenvalue weighted by Gasteiger charge is 2.22. The molecule has 0 fully saturated rings. The van der Waals surface area contributed by atoms with Crippen molar-refractivity contribution in [1.82, 2.24) is 5.32 Å². The summed E-state index contributed by atoms with van der Waals surface area (Å²) < 4.78 is 46.4. The van der Waals surface area contributed by atoms with Crippen molar-refractivity contribution in [2.24, 2.45) is 0 Å². The van der Waals surface area contributed by atoms with Crippen LogP contribution in [0.1, 0.15) is 35.6 Å². The number of hydrogen-bond donors (Lipinski definition) is 2. The lowest BCUT2D eigenvalue weighted by Gasteiger charge is -2.26. The van der Waals surface area contributed by atoms with E-state index in [0.717, 1.165) is 24.8 Å². The van der Waals surface area contributed by atoms with Crippen molar-refractivity contribution >= 4 is 21.6 Å². The van der Waals surface area contributed by atoms with Gasteiger partial charge in [0.2, 0.25) is 0 Å². The van der Waals surface area contributed by atoms with Gasteiger partial charge < -0.3 is 10.1 Å². The lowest BCUT2D eigenvalue weighted by Crippen LogP contribution is -2.34. The van der Waals surface area contributed by atoms with Crippen molar-refractivity contribution in [1.29, 1.82) is 0 Å². The van der Waals surface area contributed by atoms with Crippen LogP contribution < -0.4 is 14.8 Å². The lowest BCUT2D eigenvalue weighted by atomic mass is 9.88. The molecule has 1 amide bonds. The standard InChI is InChI=1S/C25H25FN2O4S/c1-17-15-21(33(30,31)28-20-11-9-19(26)10-12-20)13-14-24(17)32-16-25(29)27-23-8-4-6-18-5-2-3-7-22(18)23/h2-3,5,7,9-15,23,28H,4,6,8,16H2,1H3,(H,27,29). The Morgan fingerprint density at radius 2 is 1.85 bits per heavy atom. The van der Waals surface area contributed by atoms with E-state index in [1.165, 1.54) is 48.0 Å². The van der Waals surface area contributed by atoms with Crippen LogP contribution in [0.15, 0.2) is 71.6 Å².